The number of hydrogen-bond donors (Lipinski definition) is 0. The van der Waals surface area contributed by atoms with E-state index >= 15 is 0 Å². The Labute approximate surface area is 158 Å². The SMILES string of the molecule is CCCCCCCCCCCCCCC=CCC1=NCCN1C(C)C. The summed E-state index contributed by atoms with van der Waals surface area (Å²) in [7, 11) is 0. The average Bonchev–Trinajstić information content (AvgIpc) is 3.07. The molecule has 2 heteroatoms. The van der Waals surface area contributed by atoms with Gasteiger partial charge in [0.25, 0.3) is 0 Å². The van der Waals surface area contributed by atoms with Gasteiger partial charge in [0.1, 0.15) is 5.84 Å². The van der Waals surface area contributed by atoms with E-state index in [0.717, 1.165) is 19.5 Å². The first-order valence-electron chi connectivity index (χ1n) is 11.2. The zero-order valence-electron chi connectivity index (χ0n) is 17.4. The summed E-state index contributed by atoms with van der Waals surface area (Å²) in [4.78, 5) is 7.07. The fourth-order valence-corrected chi connectivity index (χ4v) is 3.65. The van der Waals surface area contributed by atoms with Crippen LogP contribution in [-0.4, -0.2) is 29.9 Å². The molecule has 1 aliphatic heterocycles. The summed E-state index contributed by atoms with van der Waals surface area (Å²) < 4.78 is 0. The van der Waals surface area contributed by atoms with E-state index in [0.29, 0.717) is 6.04 Å². The van der Waals surface area contributed by atoms with Gasteiger partial charge in [-0.25, -0.2) is 0 Å². The van der Waals surface area contributed by atoms with Crippen LogP contribution in [0.4, 0.5) is 0 Å². The van der Waals surface area contributed by atoms with Crippen molar-refractivity contribution in [3.05, 3.63) is 12.2 Å². The number of aliphatic imine (C=N–C) groups is 1. The van der Waals surface area contributed by atoms with E-state index in [-0.39, 0.29) is 0 Å². The zero-order chi connectivity index (χ0) is 18.2. The van der Waals surface area contributed by atoms with Crippen LogP contribution in [0.5, 0.6) is 0 Å². The molecule has 146 valence electrons. The van der Waals surface area contributed by atoms with Crippen molar-refractivity contribution in [1.82, 2.24) is 4.90 Å². The molecule has 0 aromatic carbocycles. The minimum Gasteiger partial charge on any atom is -0.356 e. The molecular weight excluding hydrogens is 304 g/mol. The number of unbranched alkanes of at least 4 members (excludes halogenated alkanes) is 12. The van der Waals surface area contributed by atoms with E-state index in [1.165, 1.54) is 89.3 Å². The molecule has 0 saturated carbocycles. The molecule has 0 aromatic rings. The van der Waals surface area contributed by atoms with Gasteiger partial charge >= 0.3 is 0 Å². The second-order valence-electron chi connectivity index (χ2n) is 7.94. The molecule has 0 N–H and O–H groups in total. The number of amidine groups is 1. The molecule has 0 fully saturated rings. The topological polar surface area (TPSA) is 15.6 Å². The van der Waals surface area contributed by atoms with Crippen LogP contribution in [0.1, 0.15) is 111 Å². The normalized spacial score (nSPS) is 14.9. The summed E-state index contributed by atoms with van der Waals surface area (Å²) in [6, 6.07) is 0.589. The van der Waals surface area contributed by atoms with Crippen LogP contribution < -0.4 is 0 Å². The quantitative estimate of drug-likeness (QED) is 0.214. The second-order valence-corrected chi connectivity index (χ2v) is 7.94. The van der Waals surface area contributed by atoms with Gasteiger partial charge < -0.3 is 4.90 Å². The molecular formula is C23H44N2. The Morgan fingerprint density at radius 1 is 0.840 bits per heavy atom. The summed E-state index contributed by atoms with van der Waals surface area (Å²) in [5.41, 5.74) is 0. The van der Waals surface area contributed by atoms with Gasteiger partial charge in [-0.05, 0) is 26.7 Å². The van der Waals surface area contributed by atoms with Crippen molar-refractivity contribution in [3.63, 3.8) is 0 Å². The Balaban J connectivity index is 1.84. The number of allylic oxidation sites excluding steroid dienone is 1. The molecule has 2 nitrogen and oxygen atoms in total. The number of hydrogen-bond acceptors (Lipinski definition) is 2. The van der Waals surface area contributed by atoms with Crippen LogP contribution in [0.3, 0.4) is 0 Å². The molecule has 0 atom stereocenters. The van der Waals surface area contributed by atoms with E-state index in [9.17, 15) is 0 Å². The van der Waals surface area contributed by atoms with Crippen LogP contribution in [0.2, 0.25) is 0 Å². The Morgan fingerprint density at radius 2 is 1.40 bits per heavy atom. The maximum Gasteiger partial charge on any atom is 0.103 e. The fraction of sp³-hybridized carbons (Fsp3) is 0.870. The zero-order valence-corrected chi connectivity index (χ0v) is 17.4. The molecule has 0 unspecified atom stereocenters. The summed E-state index contributed by atoms with van der Waals surface area (Å²) in [6.07, 6.45) is 24.1. The highest BCUT2D eigenvalue weighted by atomic mass is 15.2. The third-order valence-corrected chi connectivity index (χ3v) is 5.28. The summed E-state index contributed by atoms with van der Waals surface area (Å²) in [5, 5.41) is 0. The minimum absolute atomic E-state index is 0.589. The second kappa shape index (κ2) is 15.5. The number of nitrogens with zero attached hydrogens (tertiary/aromatic N) is 2. The van der Waals surface area contributed by atoms with Crippen LogP contribution in [-0.2, 0) is 0 Å². The maximum absolute atomic E-state index is 4.63. The van der Waals surface area contributed by atoms with Crippen LogP contribution in [0, 0.1) is 0 Å². The first-order chi connectivity index (χ1) is 12.3. The van der Waals surface area contributed by atoms with Crippen molar-refractivity contribution in [1.29, 1.82) is 0 Å². The van der Waals surface area contributed by atoms with Gasteiger partial charge in [0.15, 0.2) is 0 Å². The summed E-state index contributed by atoms with van der Waals surface area (Å²) in [6.45, 7) is 8.91. The molecule has 0 saturated heterocycles. The molecule has 1 aliphatic rings. The van der Waals surface area contributed by atoms with Crippen molar-refractivity contribution in [2.45, 2.75) is 117 Å². The lowest BCUT2D eigenvalue weighted by molar-refractivity contribution is 0.376. The molecule has 1 rings (SSSR count). The Kier molecular flexibility index (Phi) is 13.8. The van der Waals surface area contributed by atoms with Crippen molar-refractivity contribution in [2.24, 2.45) is 4.99 Å². The third-order valence-electron chi connectivity index (χ3n) is 5.28. The monoisotopic (exact) mass is 348 g/mol. The fourth-order valence-electron chi connectivity index (χ4n) is 3.65. The highest BCUT2D eigenvalue weighted by Gasteiger charge is 2.17. The summed E-state index contributed by atoms with van der Waals surface area (Å²) >= 11 is 0. The van der Waals surface area contributed by atoms with Gasteiger partial charge in [-0.2, -0.15) is 0 Å². The molecule has 0 aromatic heterocycles. The van der Waals surface area contributed by atoms with Crippen LogP contribution in [0.25, 0.3) is 0 Å². The maximum atomic E-state index is 4.63. The lowest BCUT2D eigenvalue weighted by atomic mass is 10.0. The number of rotatable bonds is 16. The van der Waals surface area contributed by atoms with Crippen molar-refractivity contribution < 1.29 is 0 Å². The van der Waals surface area contributed by atoms with Gasteiger partial charge in [-0.15, -0.1) is 0 Å². The largest absolute Gasteiger partial charge is 0.356 e. The predicted octanol–water partition coefficient (Wildman–Crippen LogP) is 7.15. The van der Waals surface area contributed by atoms with Crippen molar-refractivity contribution in [3.8, 4) is 0 Å². The smallest absolute Gasteiger partial charge is 0.103 e. The molecule has 1 heterocycles. The van der Waals surface area contributed by atoms with Crippen molar-refractivity contribution >= 4 is 5.84 Å². The molecule has 25 heavy (non-hydrogen) atoms. The molecule has 0 aliphatic carbocycles. The lowest BCUT2D eigenvalue weighted by Crippen LogP contribution is -2.33. The van der Waals surface area contributed by atoms with Crippen LogP contribution >= 0.6 is 0 Å². The van der Waals surface area contributed by atoms with E-state index in [2.05, 4.69) is 42.8 Å². The Hall–Kier alpha value is -0.790. The van der Waals surface area contributed by atoms with E-state index in [4.69, 9.17) is 0 Å². The van der Waals surface area contributed by atoms with E-state index in [1.807, 2.05) is 0 Å². The Morgan fingerprint density at radius 3 is 1.96 bits per heavy atom. The van der Waals surface area contributed by atoms with Gasteiger partial charge in [-0.3, -0.25) is 4.99 Å². The first kappa shape index (κ1) is 22.3. The van der Waals surface area contributed by atoms with Gasteiger partial charge in [0.2, 0.25) is 0 Å². The predicted molar refractivity (Wildman–Crippen MR) is 114 cm³/mol. The molecule has 0 amide bonds. The average molecular weight is 349 g/mol. The molecule has 0 radical (unpaired) electrons. The summed E-state index contributed by atoms with van der Waals surface area (Å²) in [5.74, 6) is 1.29. The first-order valence-corrected chi connectivity index (χ1v) is 11.2. The van der Waals surface area contributed by atoms with Gasteiger partial charge in [-0.1, -0.05) is 89.7 Å². The lowest BCUT2D eigenvalue weighted by Gasteiger charge is -2.23. The van der Waals surface area contributed by atoms with E-state index in [1.54, 1.807) is 0 Å². The third kappa shape index (κ3) is 11.4. The van der Waals surface area contributed by atoms with Gasteiger partial charge in [0, 0.05) is 19.0 Å². The van der Waals surface area contributed by atoms with Crippen molar-refractivity contribution in [2.75, 3.05) is 13.1 Å². The molecule has 0 bridgehead atoms. The molecule has 0 spiro atoms. The van der Waals surface area contributed by atoms with Crippen LogP contribution in [0.15, 0.2) is 17.1 Å². The minimum atomic E-state index is 0.589. The van der Waals surface area contributed by atoms with E-state index < -0.39 is 0 Å². The highest BCUT2D eigenvalue weighted by Crippen LogP contribution is 2.13. The Bertz CT molecular complexity index is 357. The standard InChI is InChI=1S/C23H44N2/c1-4-5-6-7-8-9-10-11-12-13-14-15-16-17-18-19-23-24-20-21-25(23)22(2)3/h17-18,22H,4-16,19-21H2,1-3H3. The highest BCUT2D eigenvalue weighted by molar-refractivity contribution is 5.85. The van der Waals surface area contributed by atoms with Gasteiger partial charge in [0.05, 0.1) is 6.54 Å².